The second kappa shape index (κ2) is 4.97. The number of benzene rings is 1. The molecule has 0 saturated carbocycles. The third kappa shape index (κ3) is 2.35. The maximum Gasteiger partial charge on any atom is 0.337 e. The Bertz CT molecular complexity index is 543. The molecule has 0 aromatic heterocycles. The zero-order valence-electron chi connectivity index (χ0n) is 10.1. The number of amides is 2. The van der Waals surface area contributed by atoms with Gasteiger partial charge in [-0.3, -0.25) is 4.90 Å². The van der Waals surface area contributed by atoms with Gasteiger partial charge in [-0.25, -0.2) is 14.4 Å². The van der Waals surface area contributed by atoms with Gasteiger partial charge in [0.2, 0.25) is 0 Å². The van der Waals surface area contributed by atoms with Crippen molar-refractivity contribution in [1.82, 2.24) is 5.32 Å². The molecule has 2 rings (SSSR count). The summed E-state index contributed by atoms with van der Waals surface area (Å²) >= 11 is 0. The fourth-order valence-electron chi connectivity index (χ4n) is 1.90. The van der Waals surface area contributed by atoms with Gasteiger partial charge in [-0.1, -0.05) is 6.07 Å². The largest absolute Gasteiger partial charge is 0.480 e. The van der Waals surface area contributed by atoms with E-state index in [9.17, 15) is 14.4 Å². The van der Waals surface area contributed by atoms with E-state index in [-0.39, 0.29) is 12.1 Å². The summed E-state index contributed by atoms with van der Waals surface area (Å²) in [6.07, 6.45) is 0. The van der Waals surface area contributed by atoms with E-state index in [1.54, 1.807) is 12.1 Å². The Morgan fingerprint density at radius 2 is 2.21 bits per heavy atom. The van der Waals surface area contributed by atoms with Gasteiger partial charge in [0.1, 0.15) is 0 Å². The van der Waals surface area contributed by atoms with Crippen molar-refractivity contribution in [2.75, 3.05) is 18.6 Å². The van der Waals surface area contributed by atoms with Crippen LogP contribution in [0.5, 0.6) is 0 Å². The number of anilines is 1. The van der Waals surface area contributed by atoms with Crippen LogP contribution in [0.15, 0.2) is 24.3 Å². The minimum Gasteiger partial charge on any atom is -0.480 e. The van der Waals surface area contributed by atoms with Crippen LogP contribution in [0.1, 0.15) is 10.4 Å². The molecule has 1 aromatic carbocycles. The van der Waals surface area contributed by atoms with E-state index in [0.29, 0.717) is 5.69 Å². The highest BCUT2D eigenvalue weighted by Crippen LogP contribution is 2.22. The standard InChI is InChI=1S/C12H12N2O5/c1-19-11(17)7-3-2-4-8(5-7)14-9(10(15)16)6-13-12(14)18/h2-5,9H,6H2,1H3,(H,13,18)(H,15,16). The van der Waals surface area contributed by atoms with Crippen LogP contribution in [0.25, 0.3) is 0 Å². The molecule has 0 radical (unpaired) electrons. The third-order valence-corrected chi connectivity index (χ3v) is 2.81. The number of hydrogen-bond acceptors (Lipinski definition) is 4. The van der Waals surface area contributed by atoms with Crippen LogP contribution < -0.4 is 10.2 Å². The predicted molar refractivity (Wildman–Crippen MR) is 65.1 cm³/mol. The number of ether oxygens (including phenoxy) is 1. The number of carbonyl (C=O) groups excluding carboxylic acids is 2. The number of aliphatic carboxylic acids is 1. The van der Waals surface area contributed by atoms with E-state index in [1.165, 1.54) is 19.2 Å². The molecule has 1 aliphatic rings. The van der Waals surface area contributed by atoms with Gasteiger partial charge >= 0.3 is 18.0 Å². The average Bonchev–Trinajstić information content (AvgIpc) is 2.80. The Morgan fingerprint density at radius 1 is 1.47 bits per heavy atom. The van der Waals surface area contributed by atoms with Crippen LogP contribution in [0.4, 0.5) is 10.5 Å². The molecular weight excluding hydrogens is 252 g/mol. The van der Waals surface area contributed by atoms with Gasteiger partial charge in [-0.2, -0.15) is 0 Å². The summed E-state index contributed by atoms with van der Waals surface area (Å²) in [5, 5.41) is 11.5. The number of carbonyl (C=O) groups is 3. The molecule has 1 aromatic rings. The highest BCUT2D eigenvalue weighted by Gasteiger charge is 2.37. The molecule has 0 bridgehead atoms. The molecule has 1 fully saturated rings. The Balaban J connectivity index is 2.37. The van der Waals surface area contributed by atoms with Crippen LogP contribution in [-0.4, -0.2) is 42.8 Å². The summed E-state index contributed by atoms with van der Waals surface area (Å²) in [6, 6.07) is 4.58. The zero-order chi connectivity index (χ0) is 14.0. The minimum absolute atomic E-state index is 0.0244. The first-order valence-corrected chi connectivity index (χ1v) is 5.53. The van der Waals surface area contributed by atoms with Gasteiger partial charge in [0.05, 0.1) is 19.2 Å². The van der Waals surface area contributed by atoms with Crippen molar-refractivity contribution in [3.63, 3.8) is 0 Å². The topological polar surface area (TPSA) is 95.9 Å². The molecule has 2 amide bonds. The molecule has 1 unspecified atom stereocenters. The third-order valence-electron chi connectivity index (χ3n) is 2.81. The Labute approximate surface area is 108 Å². The lowest BCUT2D eigenvalue weighted by Gasteiger charge is -2.20. The van der Waals surface area contributed by atoms with Crippen molar-refractivity contribution in [3.05, 3.63) is 29.8 Å². The number of nitrogens with zero attached hydrogens (tertiary/aromatic N) is 1. The van der Waals surface area contributed by atoms with Gasteiger partial charge in [-0.05, 0) is 18.2 Å². The van der Waals surface area contributed by atoms with Crippen LogP contribution in [0, 0.1) is 0 Å². The summed E-state index contributed by atoms with van der Waals surface area (Å²) < 4.78 is 4.58. The maximum atomic E-state index is 11.7. The van der Waals surface area contributed by atoms with Gasteiger partial charge in [0.15, 0.2) is 6.04 Å². The predicted octanol–water partition coefficient (Wildman–Crippen LogP) is 0.456. The Hall–Kier alpha value is -2.57. The highest BCUT2D eigenvalue weighted by atomic mass is 16.5. The second-order valence-electron chi connectivity index (χ2n) is 3.95. The van der Waals surface area contributed by atoms with Crippen molar-refractivity contribution < 1.29 is 24.2 Å². The number of rotatable bonds is 3. The lowest BCUT2D eigenvalue weighted by molar-refractivity contribution is -0.137. The number of hydrogen-bond donors (Lipinski definition) is 2. The first kappa shape index (κ1) is 12.9. The summed E-state index contributed by atoms with van der Waals surface area (Å²) in [5.41, 5.74) is 0.592. The quantitative estimate of drug-likeness (QED) is 0.773. The highest BCUT2D eigenvalue weighted by molar-refractivity contribution is 6.02. The lowest BCUT2D eigenvalue weighted by atomic mass is 10.1. The molecule has 1 atom stereocenters. The Kier molecular flexibility index (Phi) is 3.37. The summed E-state index contributed by atoms with van der Waals surface area (Å²) in [5.74, 6) is -1.66. The van der Waals surface area contributed by atoms with Crippen molar-refractivity contribution in [3.8, 4) is 0 Å². The number of carboxylic acid groups (broad SMARTS) is 1. The molecular formula is C12H12N2O5. The molecule has 7 heteroatoms. The van der Waals surface area contributed by atoms with Crippen LogP contribution in [0.2, 0.25) is 0 Å². The van der Waals surface area contributed by atoms with E-state index in [0.717, 1.165) is 4.90 Å². The molecule has 0 spiro atoms. The summed E-state index contributed by atoms with van der Waals surface area (Å²) in [7, 11) is 1.25. The van der Waals surface area contributed by atoms with Gasteiger partial charge < -0.3 is 15.2 Å². The molecule has 0 aliphatic carbocycles. The van der Waals surface area contributed by atoms with Crippen LogP contribution in [0.3, 0.4) is 0 Å². The van der Waals surface area contributed by atoms with E-state index < -0.39 is 24.0 Å². The maximum absolute atomic E-state index is 11.7. The van der Waals surface area contributed by atoms with Gasteiger partial charge in [-0.15, -0.1) is 0 Å². The van der Waals surface area contributed by atoms with E-state index in [2.05, 4.69) is 10.1 Å². The smallest absolute Gasteiger partial charge is 0.337 e. The summed E-state index contributed by atoms with van der Waals surface area (Å²) in [4.78, 5) is 35.3. The molecule has 19 heavy (non-hydrogen) atoms. The Morgan fingerprint density at radius 3 is 2.84 bits per heavy atom. The van der Waals surface area contributed by atoms with Crippen molar-refractivity contribution in [1.29, 1.82) is 0 Å². The van der Waals surface area contributed by atoms with E-state index in [1.807, 2.05) is 0 Å². The SMILES string of the molecule is COC(=O)c1cccc(N2C(=O)NCC2C(=O)O)c1. The molecule has 100 valence electrons. The van der Waals surface area contributed by atoms with Gasteiger partial charge in [0, 0.05) is 5.69 Å². The van der Waals surface area contributed by atoms with Gasteiger partial charge in [0.25, 0.3) is 0 Å². The van der Waals surface area contributed by atoms with Crippen molar-refractivity contribution >= 4 is 23.7 Å². The van der Waals surface area contributed by atoms with E-state index >= 15 is 0 Å². The van der Waals surface area contributed by atoms with E-state index in [4.69, 9.17) is 5.11 Å². The number of carboxylic acids is 1. The number of nitrogens with one attached hydrogen (secondary N) is 1. The van der Waals surface area contributed by atoms with Crippen molar-refractivity contribution in [2.24, 2.45) is 0 Å². The molecule has 1 aliphatic heterocycles. The fourth-order valence-corrected chi connectivity index (χ4v) is 1.90. The summed E-state index contributed by atoms with van der Waals surface area (Å²) in [6.45, 7) is 0.0244. The van der Waals surface area contributed by atoms with Crippen LogP contribution in [-0.2, 0) is 9.53 Å². The second-order valence-corrected chi connectivity index (χ2v) is 3.95. The lowest BCUT2D eigenvalue weighted by Crippen LogP contribution is -2.39. The van der Waals surface area contributed by atoms with Crippen molar-refractivity contribution in [2.45, 2.75) is 6.04 Å². The molecule has 1 heterocycles. The minimum atomic E-state index is -1.11. The average molecular weight is 264 g/mol. The molecule has 1 saturated heterocycles. The molecule has 7 nitrogen and oxygen atoms in total. The first-order valence-electron chi connectivity index (χ1n) is 5.53. The fraction of sp³-hybridized carbons (Fsp3) is 0.250. The number of methoxy groups -OCH3 is 1. The van der Waals surface area contributed by atoms with Crippen LogP contribution >= 0.6 is 0 Å². The normalized spacial score (nSPS) is 18.1. The zero-order valence-corrected chi connectivity index (χ0v) is 10.1. The number of esters is 1. The molecule has 2 N–H and O–H groups in total. The number of urea groups is 1. The monoisotopic (exact) mass is 264 g/mol. The first-order chi connectivity index (χ1) is 9.04.